The van der Waals surface area contributed by atoms with Crippen LogP contribution in [-0.4, -0.2) is 37.4 Å². The maximum atomic E-state index is 12.7. The molecule has 32 heavy (non-hydrogen) atoms. The fourth-order valence-electron chi connectivity index (χ4n) is 2.49. The van der Waals surface area contributed by atoms with E-state index in [1.165, 1.54) is 37.6 Å². The minimum atomic E-state index is -4.39. The second-order valence-corrected chi connectivity index (χ2v) is 9.65. The summed E-state index contributed by atoms with van der Waals surface area (Å²) in [4.78, 5) is 8.28. The van der Waals surface area contributed by atoms with Gasteiger partial charge in [0.1, 0.15) is 18.0 Å². The molecule has 0 spiro atoms. The first kappa shape index (κ1) is 24.1. The molecule has 0 atom stereocenters. The van der Waals surface area contributed by atoms with E-state index in [1.54, 1.807) is 24.3 Å². The van der Waals surface area contributed by atoms with Crippen molar-refractivity contribution in [3.05, 3.63) is 59.9 Å². The lowest BCUT2D eigenvalue weighted by Gasteiger charge is -2.15. The normalized spacial score (nSPS) is 11.9. The molecule has 170 valence electrons. The van der Waals surface area contributed by atoms with Crippen molar-refractivity contribution in [1.29, 1.82) is 0 Å². The van der Waals surface area contributed by atoms with Gasteiger partial charge in [-0.15, -0.1) is 11.8 Å². The highest BCUT2D eigenvalue weighted by molar-refractivity contribution is 7.99. The van der Waals surface area contributed by atoms with Crippen LogP contribution in [0.15, 0.2) is 64.6 Å². The number of thioether (sulfide) groups is 1. The van der Waals surface area contributed by atoms with Crippen molar-refractivity contribution in [3.63, 3.8) is 0 Å². The van der Waals surface area contributed by atoms with E-state index in [0.29, 0.717) is 28.3 Å². The molecule has 13 heteroatoms. The Kier molecular flexibility index (Phi) is 7.49. The predicted octanol–water partition coefficient (Wildman–Crippen LogP) is 5.18. The van der Waals surface area contributed by atoms with Gasteiger partial charge in [-0.1, -0.05) is 11.6 Å². The lowest BCUT2D eigenvalue weighted by molar-refractivity contribution is -0.105. The Morgan fingerprint density at radius 3 is 2.28 bits per heavy atom. The lowest BCUT2D eigenvalue weighted by Crippen LogP contribution is -2.18. The van der Waals surface area contributed by atoms with Gasteiger partial charge >= 0.3 is 6.18 Å². The van der Waals surface area contributed by atoms with Gasteiger partial charge in [-0.3, -0.25) is 0 Å². The Morgan fingerprint density at radius 1 is 1.00 bits per heavy atom. The van der Waals surface area contributed by atoms with E-state index in [-0.39, 0.29) is 21.3 Å². The Hall–Kier alpha value is -2.54. The third kappa shape index (κ3) is 6.73. The van der Waals surface area contributed by atoms with E-state index in [1.807, 2.05) is 0 Å². The molecule has 0 saturated heterocycles. The van der Waals surface area contributed by atoms with E-state index in [4.69, 9.17) is 11.6 Å². The molecule has 0 aliphatic heterocycles. The fraction of sp³-hybridized carbons (Fsp3) is 0.158. The van der Waals surface area contributed by atoms with Gasteiger partial charge in [0.15, 0.2) is 0 Å². The van der Waals surface area contributed by atoms with Crippen LogP contribution in [0.4, 0.5) is 36.2 Å². The van der Waals surface area contributed by atoms with Crippen molar-refractivity contribution in [1.82, 2.24) is 14.7 Å². The zero-order valence-electron chi connectivity index (χ0n) is 16.4. The summed E-state index contributed by atoms with van der Waals surface area (Å²) in [6.07, 6.45) is -3.13. The maximum absolute atomic E-state index is 12.7. The molecule has 7 nitrogen and oxygen atoms in total. The Bertz CT molecular complexity index is 1190. The van der Waals surface area contributed by atoms with Crippen LogP contribution in [0.3, 0.4) is 0 Å². The van der Waals surface area contributed by atoms with E-state index in [0.717, 1.165) is 0 Å². The summed E-state index contributed by atoms with van der Waals surface area (Å²) in [7, 11) is -2.56. The SMILES string of the molecule is CNS(=O)(=O)c1ccc(SCC(F)(F)F)c(Nc2cc(Nc3ccc(Cl)cc3)ncn2)c1. The van der Waals surface area contributed by atoms with Crippen molar-refractivity contribution in [3.8, 4) is 0 Å². The first-order valence-corrected chi connectivity index (χ1v) is 11.8. The van der Waals surface area contributed by atoms with Crippen molar-refractivity contribution >= 4 is 56.4 Å². The summed E-state index contributed by atoms with van der Waals surface area (Å²) in [5, 5.41) is 6.51. The third-order valence-electron chi connectivity index (χ3n) is 3.97. The molecule has 0 bridgehead atoms. The summed E-state index contributed by atoms with van der Waals surface area (Å²) in [6, 6.07) is 12.2. The smallest absolute Gasteiger partial charge is 0.340 e. The maximum Gasteiger partial charge on any atom is 0.398 e. The number of aromatic nitrogens is 2. The van der Waals surface area contributed by atoms with E-state index in [2.05, 4.69) is 25.3 Å². The predicted molar refractivity (Wildman–Crippen MR) is 120 cm³/mol. The minimum Gasteiger partial charge on any atom is -0.340 e. The third-order valence-corrected chi connectivity index (χ3v) is 6.77. The van der Waals surface area contributed by atoms with Crippen molar-refractivity contribution in [2.75, 3.05) is 23.4 Å². The number of hydrogen-bond acceptors (Lipinski definition) is 7. The quantitative estimate of drug-likeness (QED) is 0.364. The van der Waals surface area contributed by atoms with Crippen LogP contribution in [-0.2, 0) is 10.0 Å². The molecular formula is C19H17ClF3N5O2S2. The standard InChI is InChI=1S/C19H17ClF3N5O2S2/c1-24-32(29,30)14-6-7-16(31-10-19(21,22)23)15(8-14)28-18-9-17(25-11-26-18)27-13-4-2-12(20)3-5-13/h2-9,11,24H,10H2,1H3,(H2,25,26,27,28). The number of hydrogen-bond donors (Lipinski definition) is 3. The molecule has 2 aromatic carbocycles. The van der Waals surface area contributed by atoms with E-state index >= 15 is 0 Å². The number of halogens is 4. The van der Waals surface area contributed by atoms with E-state index in [9.17, 15) is 21.6 Å². The highest BCUT2D eigenvalue weighted by Gasteiger charge is 2.28. The summed E-state index contributed by atoms with van der Waals surface area (Å²) >= 11 is 6.41. The monoisotopic (exact) mass is 503 g/mol. The molecule has 0 radical (unpaired) electrons. The number of nitrogens with one attached hydrogen (secondary N) is 3. The fourth-order valence-corrected chi connectivity index (χ4v) is 4.12. The highest BCUT2D eigenvalue weighted by Crippen LogP contribution is 2.35. The van der Waals surface area contributed by atoms with Crippen LogP contribution in [0.2, 0.25) is 5.02 Å². The van der Waals surface area contributed by atoms with Gasteiger partial charge < -0.3 is 10.6 Å². The van der Waals surface area contributed by atoms with Crippen LogP contribution in [0, 0.1) is 0 Å². The summed E-state index contributed by atoms with van der Waals surface area (Å²) in [5.41, 5.74) is 0.870. The number of sulfonamides is 1. The molecule has 0 unspecified atom stereocenters. The van der Waals surface area contributed by atoms with Crippen LogP contribution >= 0.6 is 23.4 Å². The first-order chi connectivity index (χ1) is 15.1. The summed E-state index contributed by atoms with van der Waals surface area (Å²) < 4.78 is 64.6. The van der Waals surface area contributed by atoms with Crippen molar-refractivity contribution in [2.45, 2.75) is 16.0 Å². The van der Waals surface area contributed by atoms with Crippen LogP contribution in [0.25, 0.3) is 0 Å². The van der Waals surface area contributed by atoms with Gasteiger partial charge in [0.2, 0.25) is 10.0 Å². The molecule has 3 rings (SSSR count). The molecule has 0 saturated carbocycles. The zero-order chi connectivity index (χ0) is 23.4. The molecule has 0 aliphatic rings. The van der Waals surface area contributed by atoms with Gasteiger partial charge in [-0.2, -0.15) is 13.2 Å². The van der Waals surface area contributed by atoms with Crippen molar-refractivity contribution < 1.29 is 21.6 Å². The number of nitrogens with zero attached hydrogens (tertiary/aromatic N) is 2. The average Bonchev–Trinajstić information content (AvgIpc) is 2.74. The average molecular weight is 504 g/mol. The van der Waals surface area contributed by atoms with Crippen LogP contribution in [0.5, 0.6) is 0 Å². The molecule has 0 aliphatic carbocycles. The number of benzene rings is 2. The van der Waals surface area contributed by atoms with E-state index < -0.39 is 22.0 Å². The van der Waals surface area contributed by atoms with Gasteiger partial charge in [0, 0.05) is 21.7 Å². The topological polar surface area (TPSA) is 96.0 Å². The number of rotatable bonds is 8. The van der Waals surface area contributed by atoms with Crippen LogP contribution in [0.1, 0.15) is 0 Å². The second kappa shape index (κ2) is 9.94. The largest absolute Gasteiger partial charge is 0.398 e. The summed E-state index contributed by atoms with van der Waals surface area (Å²) in [5.74, 6) is -0.468. The van der Waals surface area contributed by atoms with Gasteiger partial charge in [0.25, 0.3) is 0 Å². The van der Waals surface area contributed by atoms with Crippen LogP contribution < -0.4 is 15.4 Å². The van der Waals surface area contributed by atoms with Crippen molar-refractivity contribution in [2.24, 2.45) is 0 Å². The Labute approximate surface area is 191 Å². The molecular weight excluding hydrogens is 487 g/mol. The minimum absolute atomic E-state index is 0.104. The molecule has 1 aromatic heterocycles. The highest BCUT2D eigenvalue weighted by atomic mass is 35.5. The second-order valence-electron chi connectivity index (χ2n) is 6.31. The molecule has 1 heterocycles. The zero-order valence-corrected chi connectivity index (χ0v) is 18.8. The first-order valence-electron chi connectivity index (χ1n) is 8.94. The van der Waals surface area contributed by atoms with Gasteiger partial charge in [-0.25, -0.2) is 23.1 Å². The molecule has 3 N–H and O–H groups in total. The molecule has 0 amide bonds. The van der Waals surface area contributed by atoms with Gasteiger partial charge in [-0.05, 0) is 49.5 Å². The number of alkyl halides is 3. The summed E-state index contributed by atoms with van der Waals surface area (Å²) in [6.45, 7) is 0. The Morgan fingerprint density at radius 2 is 1.66 bits per heavy atom. The molecule has 3 aromatic rings. The lowest BCUT2D eigenvalue weighted by atomic mass is 10.3. The number of anilines is 4. The van der Waals surface area contributed by atoms with Gasteiger partial charge in [0.05, 0.1) is 16.3 Å². The molecule has 0 fully saturated rings. The Balaban J connectivity index is 1.89.